The van der Waals surface area contributed by atoms with E-state index in [9.17, 15) is 4.79 Å². The van der Waals surface area contributed by atoms with Crippen molar-refractivity contribution in [2.45, 2.75) is 25.2 Å². The largest absolute Gasteiger partial charge is 0.496 e. The third-order valence-corrected chi connectivity index (χ3v) is 4.94. The molecule has 28 heavy (non-hydrogen) atoms. The second-order valence-electron chi connectivity index (χ2n) is 6.68. The highest BCUT2D eigenvalue weighted by atomic mass is 16.5. The minimum absolute atomic E-state index is 0.111. The van der Waals surface area contributed by atoms with Crippen LogP contribution in [0.3, 0.4) is 0 Å². The van der Waals surface area contributed by atoms with Gasteiger partial charge in [0.15, 0.2) is 0 Å². The molecule has 2 atom stereocenters. The first-order valence-electron chi connectivity index (χ1n) is 9.63. The van der Waals surface area contributed by atoms with Crippen molar-refractivity contribution in [1.82, 2.24) is 0 Å². The highest BCUT2D eigenvalue weighted by Gasteiger charge is 2.34. The van der Waals surface area contributed by atoms with Crippen LogP contribution in [0.4, 0.5) is 0 Å². The Bertz CT molecular complexity index is 875. The van der Waals surface area contributed by atoms with Crippen LogP contribution in [0.5, 0.6) is 5.75 Å². The monoisotopic (exact) mass is 374 g/mol. The summed E-state index contributed by atoms with van der Waals surface area (Å²) in [5, 5.41) is 0. The van der Waals surface area contributed by atoms with Crippen LogP contribution in [-0.4, -0.2) is 19.7 Å². The maximum Gasteiger partial charge on any atom is 0.314 e. The van der Waals surface area contributed by atoms with E-state index in [0.29, 0.717) is 13.0 Å². The molecule has 3 aromatic rings. The Hall–Kier alpha value is -3.07. The maximum atomic E-state index is 13.1. The number of methoxy groups -OCH3 is 1. The molecule has 0 heterocycles. The molecule has 0 aliphatic carbocycles. The predicted molar refractivity (Wildman–Crippen MR) is 112 cm³/mol. The zero-order valence-electron chi connectivity index (χ0n) is 16.4. The van der Waals surface area contributed by atoms with Gasteiger partial charge < -0.3 is 9.47 Å². The van der Waals surface area contributed by atoms with Crippen LogP contribution in [0.25, 0.3) is 0 Å². The molecule has 2 unspecified atom stereocenters. The zero-order valence-corrected chi connectivity index (χ0v) is 16.4. The van der Waals surface area contributed by atoms with E-state index in [1.807, 2.05) is 79.7 Å². The van der Waals surface area contributed by atoms with Crippen LogP contribution in [0.1, 0.15) is 35.4 Å². The number of carbonyl (C=O) groups is 1. The van der Waals surface area contributed by atoms with Gasteiger partial charge in [0.1, 0.15) is 5.75 Å². The maximum absolute atomic E-state index is 13.1. The van der Waals surface area contributed by atoms with E-state index < -0.39 is 5.92 Å². The van der Waals surface area contributed by atoms with Crippen LogP contribution in [0, 0.1) is 0 Å². The fourth-order valence-corrected chi connectivity index (χ4v) is 3.67. The van der Waals surface area contributed by atoms with Crippen molar-refractivity contribution in [3.8, 4) is 5.75 Å². The molecule has 144 valence electrons. The third-order valence-electron chi connectivity index (χ3n) is 4.94. The molecule has 3 rings (SSSR count). The summed E-state index contributed by atoms with van der Waals surface area (Å²) in [5.41, 5.74) is 3.13. The Balaban J connectivity index is 2.12. The van der Waals surface area contributed by atoms with Gasteiger partial charge in [0, 0.05) is 5.92 Å². The zero-order chi connectivity index (χ0) is 19.8. The van der Waals surface area contributed by atoms with Crippen molar-refractivity contribution in [3.05, 3.63) is 102 Å². The Kier molecular flexibility index (Phi) is 6.85. The number of hydrogen-bond donors (Lipinski definition) is 0. The van der Waals surface area contributed by atoms with Crippen molar-refractivity contribution >= 4 is 5.97 Å². The topological polar surface area (TPSA) is 35.5 Å². The molecular formula is C25H26O3. The molecule has 0 saturated carbocycles. The number of benzene rings is 3. The van der Waals surface area contributed by atoms with Gasteiger partial charge in [0.05, 0.1) is 19.6 Å². The molecule has 0 bridgehead atoms. The van der Waals surface area contributed by atoms with Gasteiger partial charge in [-0.15, -0.1) is 0 Å². The minimum atomic E-state index is -0.419. The van der Waals surface area contributed by atoms with Gasteiger partial charge >= 0.3 is 5.97 Å². The molecule has 0 aliphatic rings. The van der Waals surface area contributed by atoms with Gasteiger partial charge in [-0.2, -0.15) is 0 Å². The summed E-state index contributed by atoms with van der Waals surface area (Å²) < 4.78 is 11.1. The average molecular weight is 374 g/mol. The fraction of sp³-hybridized carbons (Fsp3) is 0.240. The summed E-state index contributed by atoms with van der Waals surface area (Å²) in [5.74, 6) is 0.0480. The van der Waals surface area contributed by atoms with Crippen molar-refractivity contribution < 1.29 is 14.3 Å². The van der Waals surface area contributed by atoms with Gasteiger partial charge in [0.2, 0.25) is 0 Å². The van der Waals surface area contributed by atoms with E-state index in [4.69, 9.17) is 9.47 Å². The van der Waals surface area contributed by atoms with Crippen LogP contribution in [-0.2, 0) is 16.0 Å². The molecule has 0 aliphatic heterocycles. The first-order valence-corrected chi connectivity index (χ1v) is 9.63. The van der Waals surface area contributed by atoms with E-state index in [0.717, 1.165) is 16.9 Å². The highest BCUT2D eigenvalue weighted by molar-refractivity contribution is 5.80. The summed E-state index contributed by atoms with van der Waals surface area (Å²) in [4.78, 5) is 13.1. The van der Waals surface area contributed by atoms with Crippen LogP contribution < -0.4 is 4.74 Å². The lowest BCUT2D eigenvalue weighted by Gasteiger charge is -2.28. The van der Waals surface area contributed by atoms with Gasteiger partial charge in [-0.3, -0.25) is 4.79 Å². The lowest BCUT2D eigenvalue weighted by Crippen LogP contribution is -2.25. The summed E-state index contributed by atoms with van der Waals surface area (Å²) >= 11 is 0. The molecule has 3 aromatic carbocycles. The minimum Gasteiger partial charge on any atom is -0.496 e. The van der Waals surface area contributed by atoms with E-state index in [-0.39, 0.29) is 11.9 Å². The normalized spacial score (nSPS) is 12.8. The van der Waals surface area contributed by atoms with Crippen molar-refractivity contribution in [2.75, 3.05) is 13.7 Å². The quantitative estimate of drug-likeness (QED) is 0.497. The van der Waals surface area contributed by atoms with Crippen molar-refractivity contribution in [3.63, 3.8) is 0 Å². The highest BCUT2D eigenvalue weighted by Crippen LogP contribution is 2.40. The molecule has 0 aromatic heterocycles. The number of ether oxygens (including phenoxy) is 2. The Morgan fingerprint density at radius 3 is 2.11 bits per heavy atom. The van der Waals surface area contributed by atoms with Crippen molar-refractivity contribution in [1.29, 1.82) is 0 Å². The Morgan fingerprint density at radius 2 is 1.46 bits per heavy atom. The molecular weight excluding hydrogens is 348 g/mol. The van der Waals surface area contributed by atoms with E-state index >= 15 is 0 Å². The number of carbonyl (C=O) groups excluding carboxylic acids is 1. The first-order chi connectivity index (χ1) is 13.7. The van der Waals surface area contributed by atoms with Crippen molar-refractivity contribution in [2.24, 2.45) is 0 Å². The van der Waals surface area contributed by atoms with Crippen LogP contribution in [0.15, 0.2) is 84.9 Å². The lowest BCUT2D eigenvalue weighted by atomic mass is 9.77. The van der Waals surface area contributed by atoms with Gasteiger partial charge in [-0.1, -0.05) is 78.9 Å². The number of rotatable bonds is 8. The molecule has 0 amide bonds. The predicted octanol–water partition coefficient (Wildman–Crippen LogP) is 5.37. The molecule has 0 N–H and O–H groups in total. The third kappa shape index (κ3) is 4.61. The standard InChI is InChI=1S/C25H26O3/c1-3-28-25(26)24(20-14-8-5-9-15-20)22(18-19-12-6-4-7-13-19)21-16-10-11-17-23(21)27-2/h4-17,22,24H,3,18H2,1-2H3. The number of hydrogen-bond acceptors (Lipinski definition) is 3. The SMILES string of the molecule is CCOC(=O)C(c1ccccc1)C(Cc1ccccc1)c1ccccc1OC. The van der Waals surface area contributed by atoms with Crippen LogP contribution in [0.2, 0.25) is 0 Å². The number of para-hydroxylation sites is 1. The average Bonchev–Trinajstić information content (AvgIpc) is 2.75. The smallest absolute Gasteiger partial charge is 0.314 e. The lowest BCUT2D eigenvalue weighted by molar-refractivity contribution is -0.145. The summed E-state index contributed by atoms with van der Waals surface area (Å²) in [6.45, 7) is 2.20. The summed E-state index contributed by atoms with van der Waals surface area (Å²) in [6, 6.07) is 28.0. The molecule has 0 fully saturated rings. The molecule has 0 saturated heterocycles. The molecule has 0 radical (unpaired) electrons. The second kappa shape index (κ2) is 9.75. The summed E-state index contributed by atoms with van der Waals surface area (Å²) in [7, 11) is 1.67. The first kappa shape index (κ1) is 19.7. The molecule has 3 nitrogen and oxygen atoms in total. The van der Waals surface area contributed by atoms with Gasteiger partial charge in [-0.05, 0) is 36.1 Å². The second-order valence-corrected chi connectivity index (χ2v) is 6.68. The van der Waals surface area contributed by atoms with E-state index in [1.165, 1.54) is 5.56 Å². The van der Waals surface area contributed by atoms with Crippen LogP contribution >= 0.6 is 0 Å². The van der Waals surface area contributed by atoms with Gasteiger partial charge in [-0.25, -0.2) is 0 Å². The summed E-state index contributed by atoms with van der Waals surface area (Å²) in [6.07, 6.45) is 0.708. The Morgan fingerprint density at radius 1 is 0.857 bits per heavy atom. The van der Waals surface area contributed by atoms with E-state index in [2.05, 4.69) is 12.1 Å². The fourth-order valence-electron chi connectivity index (χ4n) is 3.67. The molecule has 0 spiro atoms. The number of esters is 1. The Labute approximate surface area is 166 Å². The molecule has 3 heteroatoms. The van der Waals surface area contributed by atoms with E-state index in [1.54, 1.807) is 7.11 Å². The van der Waals surface area contributed by atoms with Gasteiger partial charge in [0.25, 0.3) is 0 Å².